The molecule has 0 unspecified atom stereocenters. The Kier molecular flexibility index (Phi) is 5.28. The van der Waals surface area contributed by atoms with Crippen LogP contribution in [0.15, 0.2) is 32.5 Å². The van der Waals surface area contributed by atoms with Crippen molar-refractivity contribution in [1.82, 2.24) is 15.2 Å². The first-order valence-electron chi connectivity index (χ1n) is 7.14. The molecule has 0 spiro atoms. The van der Waals surface area contributed by atoms with E-state index in [4.69, 9.17) is 4.42 Å². The highest BCUT2D eigenvalue weighted by Crippen LogP contribution is 2.28. The fourth-order valence-corrected chi connectivity index (χ4v) is 4.06. The maximum atomic E-state index is 5.66. The molecule has 4 nitrogen and oxygen atoms in total. The summed E-state index contributed by atoms with van der Waals surface area (Å²) >= 11 is 4.88. The number of thiazole rings is 1. The van der Waals surface area contributed by atoms with Gasteiger partial charge in [-0.3, -0.25) is 0 Å². The lowest BCUT2D eigenvalue weighted by Gasteiger charge is -2.00. The number of hydrogen-bond donors (Lipinski definition) is 0. The van der Waals surface area contributed by atoms with Crippen LogP contribution in [0.4, 0.5) is 0 Å². The molecule has 3 aromatic rings. The summed E-state index contributed by atoms with van der Waals surface area (Å²) < 4.78 is 5.66. The third-order valence-corrected chi connectivity index (χ3v) is 5.68. The zero-order valence-corrected chi connectivity index (χ0v) is 14.9. The lowest BCUT2D eigenvalue weighted by molar-refractivity contribution is 0.466. The molecule has 0 radical (unpaired) electrons. The second kappa shape index (κ2) is 7.39. The van der Waals surface area contributed by atoms with E-state index in [0.29, 0.717) is 11.1 Å². The highest BCUT2D eigenvalue weighted by Gasteiger charge is 2.11. The average Bonchev–Trinajstić information content (AvgIpc) is 3.23. The number of hydrogen-bond acceptors (Lipinski definition) is 7. The lowest BCUT2D eigenvalue weighted by atomic mass is 10.1. The van der Waals surface area contributed by atoms with Crippen LogP contribution in [-0.4, -0.2) is 15.2 Å². The van der Waals surface area contributed by atoms with Gasteiger partial charge in [0.2, 0.25) is 0 Å². The van der Waals surface area contributed by atoms with Gasteiger partial charge in [-0.1, -0.05) is 31.7 Å². The van der Waals surface area contributed by atoms with Gasteiger partial charge in [-0.15, -0.1) is 32.9 Å². The van der Waals surface area contributed by atoms with Crippen molar-refractivity contribution in [3.63, 3.8) is 0 Å². The Labute approximate surface area is 142 Å². The summed E-state index contributed by atoms with van der Waals surface area (Å²) in [5.41, 5.74) is 1.09. The number of nitrogens with zero attached hydrogens (tertiary/aromatic N) is 3. The largest absolute Gasteiger partial charge is 0.410 e. The van der Waals surface area contributed by atoms with Crippen molar-refractivity contribution in [3.05, 3.63) is 33.6 Å². The molecule has 116 valence electrons. The summed E-state index contributed by atoms with van der Waals surface area (Å²) in [4.78, 5) is 5.67. The molecule has 0 fully saturated rings. The van der Waals surface area contributed by atoms with E-state index in [1.807, 2.05) is 17.5 Å². The standard InChI is InChI=1S/C15H17N3OS3/c1-10(2)5-6-13-16-11(8-21-13)9-22-15-18-17-14(19-15)12-4-3-7-20-12/h3-4,7-8,10H,5-6,9H2,1-2H3. The second-order valence-corrected chi connectivity index (χ2v) is 8.12. The molecular weight excluding hydrogens is 334 g/mol. The van der Waals surface area contributed by atoms with E-state index < -0.39 is 0 Å². The molecule has 0 atom stereocenters. The molecule has 0 bridgehead atoms. The van der Waals surface area contributed by atoms with Crippen molar-refractivity contribution in [3.8, 4) is 10.8 Å². The first-order chi connectivity index (χ1) is 10.7. The molecule has 3 rings (SSSR count). The van der Waals surface area contributed by atoms with E-state index in [2.05, 4.69) is 34.4 Å². The van der Waals surface area contributed by atoms with Crippen LogP contribution in [0.2, 0.25) is 0 Å². The zero-order chi connectivity index (χ0) is 15.4. The summed E-state index contributed by atoms with van der Waals surface area (Å²) in [5.74, 6) is 2.08. The van der Waals surface area contributed by atoms with Gasteiger partial charge in [-0.25, -0.2) is 4.98 Å². The molecular formula is C15H17N3OS3. The predicted molar refractivity (Wildman–Crippen MR) is 92.4 cm³/mol. The molecule has 0 aliphatic heterocycles. The first-order valence-corrected chi connectivity index (χ1v) is 9.88. The number of aromatic nitrogens is 3. The van der Waals surface area contributed by atoms with Crippen molar-refractivity contribution >= 4 is 34.4 Å². The van der Waals surface area contributed by atoms with Crippen LogP contribution in [0.1, 0.15) is 31.0 Å². The van der Waals surface area contributed by atoms with Gasteiger partial charge in [0.15, 0.2) is 0 Å². The van der Waals surface area contributed by atoms with Gasteiger partial charge >= 0.3 is 0 Å². The molecule has 0 aromatic carbocycles. The van der Waals surface area contributed by atoms with Crippen LogP contribution in [0.3, 0.4) is 0 Å². The first kappa shape index (κ1) is 15.7. The van der Waals surface area contributed by atoms with E-state index in [9.17, 15) is 0 Å². The van der Waals surface area contributed by atoms with Crippen molar-refractivity contribution in [2.24, 2.45) is 5.92 Å². The molecule has 0 N–H and O–H groups in total. The molecule has 22 heavy (non-hydrogen) atoms. The Hall–Kier alpha value is -1.18. The smallest absolute Gasteiger partial charge is 0.277 e. The third kappa shape index (κ3) is 4.18. The van der Waals surface area contributed by atoms with Gasteiger partial charge in [0.25, 0.3) is 11.1 Å². The minimum absolute atomic E-state index is 0.591. The van der Waals surface area contributed by atoms with Gasteiger partial charge in [0, 0.05) is 11.1 Å². The van der Waals surface area contributed by atoms with E-state index in [1.54, 1.807) is 22.7 Å². The average molecular weight is 352 g/mol. The van der Waals surface area contributed by atoms with Crippen LogP contribution < -0.4 is 0 Å². The summed E-state index contributed by atoms with van der Waals surface area (Å²) in [6.07, 6.45) is 2.25. The van der Waals surface area contributed by atoms with Crippen molar-refractivity contribution in [2.75, 3.05) is 0 Å². The SMILES string of the molecule is CC(C)CCc1nc(CSc2nnc(-c3cccs3)o2)cs1. The quantitative estimate of drug-likeness (QED) is 0.552. The second-order valence-electron chi connectivity index (χ2n) is 5.30. The van der Waals surface area contributed by atoms with Crippen molar-refractivity contribution in [2.45, 2.75) is 37.7 Å². The predicted octanol–water partition coefficient (Wildman–Crippen LogP) is 5.14. The fourth-order valence-electron chi connectivity index (χ4n) is 1.85. The molecule has 0 amide bonds. The number of aryl methyl sites for hydroxylation is 1. The Morgan fingerprint density at radius 1 is 1.27 bits per heavy atom. The van der Waals surface area contributed by atoms with Crippen molar-refractivity contribution in [1.29, 1.82) is 0 Å². The Balaban J connectivity index is 1.54. The van der Waals surface area contributed by atoms with Crippen LogP contribution in [0, 0.1) is 5.92 Å². The Bertz CT molecular complexity index is 703. The summed E-state index contributed by atoms with van der Waals surface area (Å²) in [6, 6.07) is 3.96. The highest BCUT2D eigenvalue weighted by atomic mass is 32.2. The van der Waals surface area contributed by atoms with E-state index in [0.717, 1.165) is 28.7 Å². The van der Waals surface area contributed by atoms with Crippen LogP contribution >= 0.6 is 34.4 Å². The summed E-state index contributed by atoms with van der Waals surface area (Å²) in [7, 11) is 0. The molecule has 0 saturated heterocycles. The minimum atomic E-state index is 0.591. The topological polar surface area (TPSA) is 51.8 Å². The molecule has 3 aromatic heterocycles. The Morgan fingerprint density at radius 2 is 2.18 bits per heavy atom. The molecule has 0 saturated carbocycles. The highest BCUT2D eigenvalue weighted by molar-refractivity contribution is 7.98. The number of thioether (sulfide) groups is 1. The monoisotopic (exact) mass is 351 g/mol. The lowest BCUT2D eigenvalue weighted by Crippen LogP contribution is -1.92. The van der Waals surface area contributed by atoms with Crippen LogP contribution in [0.5, 0.6) is 0 Å². The van der Waals surface area contributed by atoms with Gasteiger partial charge in [-0.05, 0) is 30.2 Å². The molecule has 7 heteroatoms. The summed E-state index contributed by atoms with van der Waals surface area (Å²) in [5, 5.41) is 14.1. The summed E-state index contributed by atoms with van der Waals surface area (Å²) in [6.45, 7) is 4.48. The van der Waals surface area contributed by atoms with Crippen LogP contribution in [0.25, 0.3) is 10.8 Å². The van der Waals surface area contributed by atoms with E-state index in [-0.39, 0.29) is 0 Å². The molecule has 0 aliphatic carbocycles. The van der Waals surface area contributed by atoms with Crippen LogP contribution in [-0.2, 0) is 12.2 Å². The fraction of sp³-hybridized carbons (Fsp3) is 0.400. The number of thiophene rings is 1. The zero-order valence-electron chi connectivity index (χ0n) is 12.5. The van der Waals surface area contributed by atoms with E-state index >= 15 is 0 Å². The van der Waals surface area contributed by atoms with Gasteiger partial charge in [0.1, 0.15) is 0 Å². The van der Waals surface area contributed by atoms with Gasteiger partial charge in [0.05, 0.1) is 15.6 Å². The number of rotatable bonds is 7. The maximum Gasteiger partial charge on any atom is 0.277 e. The Morgan fingerprint density at radius 3 is 2.95 bits per heavy atom. The van der Waals surface area contributed by atoms with Gasteiger partial charge in [-0.2, -0.15) is 0 Å². The molecule has 3 heterocycles. The third-order valence-electron chi connectivity index (χ3n) is 3.02. The normalized spacial score (nSPS) is 11.4. The maximum absolute atomic E-state index is 5.66. The molecule has 0 aliphatic rings. The minimum Gasteiger partial charge on any atom is -0.410 e. The van der Waals surface area contributed by atoms with Crippen molar-refractivity contribution < 1.29 is 4.42 Å². The van der Waals surface area contributed by atoms with Gasteiger partial charge < -0.3 is 4.42 Å². The van der Waals surface area contributed by atoms with E-state index in [1.165, 1.54) is 23.2 Å².